The van der Waals surface area contributed by atoms with Gasteiger partial charge >= 0.3 is 0 Å². The second kappa shape index (κ2) is 6.55. The van der Waals surface area contributed by atoms with E-state index in [0.717, 1.165) is 44.1 Å². The summed E-state index contributed by atoms with van der Waals surface area (Å²) in [7, 11) is 0. The molecule has 2 rings (SSSR count). The Balaban J connectivity index is 2.06. The summed E-state index contributed by atoms with van der Waals surface area (Å²) in [5.41, 5.74) is 8.37. The SMILES string of the molecule is CC[C@@H](N)c1ccc(N2CCN(C(C)C)CC2)nc1C. The quantitative estimate of drug-likeness (QED) is 0.917. The number of anilines is 1. The molecule has 0 amide bonds. The fourth-order valence-electron chi connectivity index (χ4n) is 2.81. The first-order valence-corrected chi connectivity index (χ1v) is 7.75. The first-order valence-electron chi connectivity index (χ1n) is 7.75. The number of hydrogen-bond donors (Lipinski definition) is 1. The van der Waals surface area contributed by atoms with E-state index in [4.69, 9.17) is 10.7 Å². The van der Waals surface area contributed by atoms with E-state index in [1.165, 1.54) is 5.56 Å². The van der Waals surface area contributed by atoms with E-state index in [-0.39, 0.29) is 6.04 Å². The van der Waals surface area contributed by atoms with Gasteiger partial charge in [0.1, 0.15) is 5.82 Å². The summed E-state index contributed by atoms with van der Waals surface area (Å²) in [6, 6.07) is 5.02. The van der Waals surface area contributed by atoms with Crippen molar-refractivity contribution in [3.8, 4) is 0 Å². The van der Waals surface area contributed by atoms with E-state index in [1.807, 2.05) is 0 Å². The number of aromatic nitrogens is 1. The van der Waals surface area contributed by atoms with Gasteiger partial charge in [-0.3, -0.25) is 4.90 Å². The number of nitrogens with two attached hydrogens (primary N) is 1. The van der Waals surface area contributed by atoms with Crippen molar-refractivity contribution in [1.82, 2.24) is 9.88 Å². The standard InChI is InChI=1S/C16H28N4/c1-5-15(17)14-6-7-16(18-13(14)4)20-10-8-19(9-11-20)12(2)3/h6-7,12,15H,5,8-11,17H2,1-4H3/t15-/m1/s1. The molecule has 0 unspecified atom stereocenters. The highest BCUT2D eigenvalue weighted by atomic mass is 15.3. The molecule has 4 nitrogen and oxygen atoms in total. The summed E-state index contributed by atoms with van der Waals surface area (Å²) in [5.74, 6) is 1.10. The first kappa shape index (κ1) is 15.3. The number of pyridine rings is 1. The molecule has 2 N–H and O–H groups in total. The lowest BCUT2D eigenvalue weighted by Crippen LogP contribution is -2.49. The van der Waals surface area contributed by atoms with Crippen LogP contribution in [-0.4, -0.2) is 42.1 Å². The van der Waals surface area contributed by atoms with Crippen LogP contribution in [0.1, 0.15) is 44.5 Å². The maximum Gasteiger partial charge on any atom is 0.128 e. The van der Waals surface area contributed by atoms with Crippen LogP contribution in [0.2, 0.25) is 0 Å². The molecule has 112 valence electrons. The second-order valence-electron chi connectivity index (χ2n) is 5.98. The van der Waals surface area contributed by atoms with Crippen molar-refractivity contribution in [1.29, 1.82) is 0 Å². The minimum absolute atomic E-state index is 0.106. The number of rotatable bonds is 4. The van der Waals surface area contributed by atoms with Gasteiger partial charge in [0, 0.05) is 44.0 Å². The predicted octanol–water partition coefficient (Wildman–Crippen LogP) is 2.33. The van der Waals surface area contributed by atoms with Crippen LogP contribution < -0.4 is 10.6 Å². The molecule has 0 aliphatic carbocycles. The Hall–Kier alpha value is -1.13. The highest BCUT2D eigenvalue weighted by molar-refractivity contribution is 5.43. The summed E-state index contributed by atoms with van der Waals surface area (Å²) >= 11 is 0. The van der Waals surface area contributed by atoms with Gasteiger partial charge < -0.3 is 10.6 Å². The molecule has 1 fully saturated rings. The molecular weight excluding hydrogens is 248 g/mol. The van der Waals surface area contributed by atoms with Gasteiger partial charge in [0.25, 0.3) is 0 Å². The van der Waals surface area contributed by atoms with Crippen LogP contribution in [0.3, 0.4) is 0 Å². The van der Waals surface area contributed by atoms with E-state index in [1.54, 1.807) is 0 Å². The Bertz CT molecular complexity index is 436. The number of aryl methyl sites for hydroxylation is 1. The van der Waals surface area contributed by atoms with E-state index in [0.29, 0.717) is 6.04 Å². The molecule has 4 heteroatoms. The zero-order valence-electron chi connectivity index (χ0n) is 13.3. The largest absolute Gasteiger partial charge is 0.354 e. The van der Waals surface area contributed by atoms with Gasteiger partial charge in [-0.25, -0.2) is 4.98 Å². The van der Waals surface area contributed by atoms with Crippen molar-refractivity contribution in [3.05, 3.63) is 23.4 Å². The van der Waals surface area contributed by atoms with Crippen molar-refractivity contribution in [2.75, 3.05) is 31.1 Å². The van der Waals surface area contributed by atoms with Crippen LogP contribution in [0, 0.1) is 6.92 Å². The van der Waals surface area contributed by atoms with E-state index in [9.17, 15) is 0 Å². The van der Waals surface area contributed by atoms with Gasteiger partial charge in [0.2, 0.25) is 0 Å². The van der Waals surface area contributed by atoms with Crippen molar-refractivity contribution in [2.45, 2.75) is 46.2 Å². The molecule has 1 atom stereocenters. The summed E-state index contributed by atoms with van der Waals surface area (Å²) in [4.78, 5) is 9.66. The van der Waals surface area contributed by atoms with Gasteiger partial charge in [-0.05, 0) is 38.8 Å². The van der Waals surface area contributed by atoms with E-state index >= 15 is 0 Å². The topological polar surface area (TPSA) is 45.4 Å². The van der Waals surface area contributed by atoms with Crippen molar-refractivity contribution in [3.63, 3.8) is 0 Å². The van der Waals surface area contributed by atoms with Gasteiger partial charge in [-0.1, -0.05) is 13.0 Å². The first-order chi connectivity index (χ1) is 9.52. The van der Waals surface area contributed by atoms with Crippen LogP contribution in [0.4, 0.5) is 5.82 Å². The third kappa shape index (κ3) is 3.30. The monoisotopic (exact) mass is 276 g/mol. The van der Waals surface area contributed by atoms with Crippen molar-refractivity contribution in [2.24, 2.45) is 5.73 Å². The summed E-state index contributed by atoms with van der Waals surface area (Å²) in [5, 5.41) is 0. The average Bonchev–Trinajstić information content (AvgIpc) is 2.46. The van der Waals surface area contributed by atoms with E-state index < -0.39 is 0 Å². The Morgan fingerprint density at radius 2 is 1.85 bits per heavy atom. The van der Waals surface area contributed by atoms with Crippen LogP contribution in [0.15, 0.2) is 12.1 Å². The number of hydrogen-bond acceptors (Lipinski definition) is 4. The second-order valence-corrected chi connectivity index (χ2v) is 5.98. The van der Waals surface area contributed by atoms with Gasteiger partial charge in [0.15, 0.2) is 0 Å². The molecule has 1 aliphatic heterocycles. The summed E-state index contributed by atoms with van der Waals surface area (Å²) in [6.45, 7) is 13.1. The lowest BCUT2D eigenvalue weighted by atomic mass is 10.0. The lowest BCUT2D eigenvalue weighted by Gasteiger charge is -2.37. The Morgan fingerprint density at radius 1 is 1.20 bits per heavy atom. The van der Waals surface area contributed by atoms with Crippen molar-refractivity contribution >= 4 is 5.82 Å². The van der Waals surface area contributed by atoms with Crippen LogP contribution in [0.25, 0.3) is 0 Å². The average molecular weight is 276 g/mol. The third-order valence-corrected chi connectivity index (χ3v) is 4.32. The fourth-order valence-corrected chi connectivity index (χ4v) is 2.81. The number of nitrogens with zero attached hydrogens (tertiary/aromatic N) is 3. The zero-order chi connectivity index (χ0) is 14.7. The number of piperazine rings is 1. The Kier molecular flexibility index (Phi) is 5.00. The zero-order valence-corrected chi connectivity index (χ0v) is 13.3. The van der Waals surface area contributed by atoms with Crippen LogP contribution in [-0.2, 0) is 0 Å². The predicted molar refractivity (Wildman–Crippen MR) is 85.1 cm³/mol. The van der Waals surface area contributed by atoms with Gasteiger partial charge in [0.05, 0.1) is 0 Å². The molecule has 0 bridgehead atoms. The molecule has 0 spiro atoms. The maximum absolute atomic E-state index is 6.11. The normalized spacial score (nSPS) is 18.6. The highest BCUT2D eigenvalue weighted by Crippen LogP contribution is 2.21. The molecule has 1 aromatic heterocycles. The van der Waals surface area contributed by atoms with Crippen LogP contribution >= 0.6 is 0 Å². The van der Waals surface area contributed by atoms with E-state index in [2.05, 4.69) is 49.6 Å². The minimum Gasteiger partial charge on any atom is -0.354 e. The highest BCUT2D eigenvalue weighted by Gasteiger charge is 2.20. The summed E-state index contributed by atoms with van der Waals surface area (Å²) < 4.78 is 0. The molecular formula is C16H28N4. The maximum atomic E-state index is 6.11. The molecule has 1 aromatic rings. The van der Waals surface area contributed by atoms with Crippen molar-refractivity contribution < 1.29 is 0 Å². The molecule has 0 saturated carbocycles. The molecule has 0 radical (unpaired) electrons. The van der Waals surface area contributed by atoms with Gasteiger partial charge in [-0.2, -0.15) is 0 Å². The fraction of sp³-hybridized carbons (Fsp3) is 0.688. The Morgan fingerprint density at radius 3 is 2.35 bits per heavy atom. The molecule has 2 heterocycles. The molecule has 0 aromatic carbocycles. The van der Waals surface area contributed by atoms with Gasteiger partial charge in [-0.15, -0.1) is 0 Å². The summed E-state index contributed by atoms with van der Waals surface area (Å²) in [6.07, 6.45) is 0.953. The smallest absolute Gasteiger partial charge is 0.128 e. The molecule has 1 aliphatic rings. The molecule has 1 saturated heterocycles. The molecule has 20 heavy (non-hydrogen) atoms. The minimum atomic E-state index is 0.106. The Labute approximate surface area is 123 Å². The lowest BCUT2D eigenvalue weighted by molar-refractivity contribution is 0.209. The third-order valence-electron chi connectivity index (χ3n) is 4.32. The van der Waals surface area contributed by atoms with Crippen LogP contribution in [0.5, 0.6) is 0 Å².